The first kappa shape index (κ1) is 17.1. The maximum atomic E-state index is 12.2. The zero-order valence-electron chi connectivity index (χ0n) is 10.8. The fraction of sp³-hybridized carbons (Fsp3) is 0.417. The average Bonchev–Trinajstić information content (AvgIpc) is 2.37. The second-order valence-corrected chi connectivity index (χ2v) is 6.97. The van der Waals surface area contributed by atoms with E-state index in [2.05, 4.69) is 15.9 Å². The van der Waals surface area contributed by atoms with Crippen LogP contribution in [0.3, 0.4) is 0 Å². The van der Waals surface area contributed by atoms with Crippen molar-refractivity contribution in [2.75, 3.05) is 25.6 Å². The summed E-state index contributed by atoms with van der Waals surface area (Å²) < 4.78 is 29.7. The largest absolute Gasteiger partial charge is 0.478 e. The van der Waals surface area contributed by atoms with Gasteiger partial charge < -0.3 is 14.9 Å². The van der Waals surface area contributed by atoms with Crippen molar-refractivity contribution in [2.45, 2.75) is 11.8 Å². The highest BCUT2D eigenvalue weighted by molar-refractivity contribution is 9.10. The molecule has 2 N–H and O–H groups in total. The number of aliphatic hydroxyl groups excluding tert-OH is 1. The van der Waals surface area contributed by atoms with Gasteiger partial charge in [0.25, 0.3) is 0 Å². The second kappa shape index (κ2) is 7.16. The van der Waals surface area contributed by atoms with Crippen molar-refractivity contribution in [3.05, 3.63) is 27.7 Å². The van der Waals surface area contributed by atoms with Crippen LogP contribution in [0.5, 0.6) is 0 Å². The lowest BCUT2D eigenvalue weighted by molar-refractivity contribution is 0.0696. The SMILES string of the molecule is Cc1c(Br)cc(C(=O)O)cc1S(=O)(=O)CCOCCO. The Morgan fingerprint density at radius 2 is 2.00 bits per heavy atom. The summed E-state index contributed by atoms with van der Waals surface area (Å²) in [5, 5.41) is 17.5. The normalized spacial score (nSPS) is 11.6. The van der Waals surface area contributed by atoms with Gasteiger partial charge in [-0.15, -0.1) is 0 Å². The van der Waals surface area contributed by atoms with Gasteiger partial charge in [-0.25, -0.2) is 13.2 Å². The van der Waals surface area contributed by atoms with Gasteiger partial charge in [-0.3, -0.25) is 0 Å². The highest BCUT2D eigenvalue weighted by atomic mass is 79.9. The molecule has 6 nitrogen and oxygen atoms in total. The third-order valence-corrected chi connectivity index (χ3v) is 5.23. The topological polar surface area (TPSA) is 101 Å². The molecule has 0 fully saturated rings. The zero-order chi connectivity index (χ0) is 15.3. The number of hydrogen-bond acceptors (Lipinski definition) is 5. The van der Waals surface area contributed by atoms with Crippen molar-refractivity contribution >= 4 is 31.7 Å². The number of rotatable bonds is 7. The summed E-state index contributed by atoms with van der Waals surface area (Å²) in [4.78, 5) is 10.9. The minimum atomic E-state index is -3.65. The van der Waals surface area contributed by atoms with Gasteiger partial charge in [0.1, 0.15) is 0 Å². The van der Waals surface area contributed by atoms with Gasteiger partial charge in [0.05, 0.1) is 36.0 Å². The molecule has 0 bridgehead atoms. The Balaban J connectivity index is 3.07. The first-order chi connectivity index (χ1) is 9.29. The molecule has 0 spiro atoms. The van der Waals surface area contributed by atoms with E-state index in [-0.39, 0.29) is 36.0 Å². The molecule has 0 amide bonds. The fourth-order valence-electron chi connectivity index (χ4n) is 1.55. The van der Waals surface area contributed by atoms with E-state index in [1.54, 1.807) is 6.92 Å². The number of aliphatic hydroxyl groups is 1. The summed E-state index contributed by atoms with van der Waals surface area (Å²) in [6.45, 7) is 1.42. The smallest absolute Gasteiger partial charge is 0.335 e. The van der Waals surface area contributed by atoms with E-state index in [4.69, 9.17) is 14.9 Å². The number of carboxylic acids is 1. The third-order valence-electron chi connectivity index (χ3n) is 2.61. The molecule has 20 heavy (non-hydrogen) atoms. The first-order valence-electron chi connectivity index (χ1n) is 5.74. The van der Waals surface area contributed by atoms with Gasteiger partial charge >= 0.3 is 5.97 Å². The molecule has 0 aliphatic carbocycles. The van der Waals surface area contributed by atoms with Crippen molar-refractivity contribution in [2.24, 2.45) is 0 Å². The lowest BCUT2D eigenvalue weighted by atomic mass is 10.1. The van der Waals surface area contributed by atoms with E-state index < -0.39 is 15.8 Å². The molecule has 0 saturated carbocycles. The van der Waals surface area contributed by atoms with E-state index in [0.717, 1.165) is 6.07 Å². The Kier molecular flexibility index (Phi) is 6.12. The zero-order valence-corrected chi connectivity index (χ0v) is 13.2. The standard InChI is InChI=1S/C12H15BrO6S/c1-8-10(13)6-9(12(15)16)7-11(8)20(17,18)5-4-19-3-2-14/h6-7,14H,2-5H2,1H3,(H,15,16). The van der Waals surface area contributed by atoms with Gasteiger partial charge in [-0.1, -0.05) is 15.9 Å². The maximum absolute atomic E-state index is 12.2. The molecule has 0 atom stereocenters. The summed E-state index contributed by atoms with van der Waals surface area (Å²) in [5.41, 5.74) is 0.356. The predicted molar refractivity (Wildman–Crippen MR) is 75.8 cm³/mol. The predicted octanol–water partition coefficient (Wildman–Crippen LogP) is 1.24. The number of sulfone groups is 1. The number of halogens is 1. The van der Waals surface area contributed by atoms with Gasteiger partial charge in [0.2, 0.25) is 0 Å². The molecule has 0 aliphatic heterocycles. The van der Waals surface area contributed by atoms with Crippen LogP contribution < -0.4 is 0 Å². The van der Waals surface area contributed by atoms with Crippen LogP contribution in [0.2, 0.25) is 0 Å². The minimum absolute atomic E-state index is 0.0307. The van der Waals surface area contributed by atoms with E-state index in [0.29, 0.717) is 10.0 Å². The summed E-state index contributed by atoms with van der Waals surface area (Å²) in [6, 6.07) is 2.50. The molecule has 1 aromatic carbocycles. The Hall–Kier alpha value is -0.960. The van der Waals surface area contributed by atoms with E-state index in [1.165, 1.54) is 6.07 Å². The van der Waals surface area contributed by atoms with Crippen molar-refractivity contribution < 1.29 is 28.2 Å². The molecule has 0 saturated heterocycles. The Labute approximate surface area is 125 Å². The van der Waals surface area contributed by atoms with E-state index >= 15 is 0 Å². The number of aromatic carboxylic acids is 1. The summed E-state index contributed by atoms with van der Waals surface area (Å²) in [7, 11) is -3.65. The molecule has 0 heterocycles. The van der Waals surface area contributed by atoms with Gasteiger partial charge in [-0.2, -0.15) is 0 Å². The van der Waals surface area contributed by atoms with Gasteiger partial charge in [-0.05, 0) is 24.6 Å². The molecular weight excluding hydrogens is 352 g/mol. The Morgan fingerprint density at radius 3 is 2.55 bits per heavy atom. The summed E-state index contributed by atoms with van der Waals surface area (Å²) in [6.07, 6.45) is 0. The van der Waals surface area contributed by atoms with Crippen LogP contribution in [0.1, 0.15) is 15.9 Å². The lowest BCUT2D eigenvalue weighted by Crippen LogP contribution is -2.16. The van der Waals surface area contributed by atoms with Crippen molar-refractivity contribution in [3.63, 3.8) is 0 Å². The summed E-state index contributed by atoms with van der Waals surface area (Å²) >= 11 is 3.16. The number of hydrogen-bond donors (Lipinski definition) is 2. The second-order valence-electron chi connectivity index (χ2n) is 4.04. The number of carboxylic acid groups (broad SMARTS) is 1. The third kappa shape index (κ3) is 4.27. The first-order valence-corrected chi connectivity index (χ1v) is 8.19. The lowest BCUT2D eigenvalue weighted by Gasteiger charge is -2.11. The highest BCUT2D eigenvalue weighted by Gasteiger charge is 2.21. The molecule has 8 heteroatoms. The summed E-state index contributed by atoms with van der Waals surface area (Å²) in [5.74, 6) is -1.47. The Morgan fingerprint density at radius 1 is 1.35 bits per heavy atom. The molecule has 0 aliphatic rings. The average molecular weight is 367 g/mol. The fourth-order valence-corrected chi connectivity index (χ4v) is 3.58. The molecular formula is C12H15BrO6S. The quantitative estimate of drug-likeness (QED) is 0.704. The van der Waals surface area contributed by atoms with Crippen LogP contribution in [-0.4, -0.2) is 50.2 Å². The van der Waals surface area contributed by atoms with E-state index in [1.807, 2.05) is 0 Å². The van der Waals surface area contributed by atoms with Crippen molar-refractivity contribution in [1.29, 1.82) is 0 Å². The Bertz CT molecular complexity index is 596. The molecule has 1 rings (SSSR count). The molecule has 0 radical (unpaired) electrons. The van der Waals surface area contributed by atoms with Crippen LogP contribution in [0.15, 0.2) is 21.5 Å². The van der Waals surface area contributed by atoms with Crippen LogP contribution >= 0.6 is 15.9 Å². The number of ether oxygens (including phenoxy) is 1. The molecule has 112 valence electrons. The van der Waals surface area contributed by atoms with Crippen molar-refractivity contribution in [3.8, 4) is 0 Å². The number of benzene rings is 1. The molecule has 0 unspecified atom stereocenters. The van der Waals surface area contributed by atoms with Crippen LogP contribution in [0, 0.1) is 6.92 Å². The van der Waals surface area contributed by atoms with Crippen LogP contribution in [0.25, 0.3) is 0 Å². The minimum Gasteiger partial charge on any atom is -0.478 e. The van der Waals surface area contributed by atoms with E-state index in [9.17, 15) is 13.2 Å². The van der Waals surface area contributed by atoms with Crippen molar-refractivity contribution in [1.82, 2.24) is 0 Å². The highest BCUT2D eigenvalue weighted by Crippen LogP contribution is 2.26. The molecule has 1 aromatic rings. The molecule has 0 aromatic heterocycles. The monoisotopic (exact) mass is 366 g/mol. The van der Waals surface area contributed by atoms with Crippen LogP contribution in [-0.2, 0) is 14.6 Å². The van der Waals surface area contributed by atoms with Crippen LogP contribution in [0.4, 0.5) is 0 Å². The number of carbonyl (C=O) groups is 1. The van der Waals surface area contributed by atoms with Gasteiger partial charge in [0.15, 0.2) is 9.84 Å². The maximum Gasteiger partial charge on any atom is 0.335 e. The van der Waals surface area contributed by atoms with Gasteiger partial charge in [0, 0.05) is 4.47 Å².